The quantitative estimate of drug-likeness (QED) is 0.233. The number of ether oxygens (including phenoxy) is 2. The molecular formula is C23H35N3O8. The summed E-state index contributed by atoms with van der Waals surface area (Å²) in [6, 6.07) is 8.94. The molecule has 0 radical (unpaired) electrons. The van der Waals surface area contributed by atoms with Crippen LogP contribution in [-0.2, 0) is 25.7 Å². The second-order valence-electron chi connectivity index (χ2n) is 8.57. The summed E-state index contributed by atoms with van der Waals surface area (Å²) in [7, 11) is 0. The van der Waals surface area contributed by atoms with E-state index in [-0.39, 0.29) is 19.7 Å². The van der Waals surface area contributed by atoms with Crippen molar-refractivity contribution >= 4 is 24.1 Å². The lowest BCUT2D eigenvalue weighted by molar-refractivity contribution is -0.158. The van der Waals surface area contributed by atoms with Gasteiger partial charge in [0.2, 0.25) is 6.10 Å². The van der Waals surface area contributed by atoms with Crippen LogP contribution in [0.25, 0.3) is 0 Å². The van der Waals surface area contributed by atoms with Crippen LogP contribution in [0.4, 0.5) is 9.59 Å². The van der Waals surface area contributed by atoms with E-state index >= 15 is 0 Å². The minimum absolute atomic E-state index is 0.00713. The normalized spacial score (nSPS) is 11.9. The van der Waals surface area contributed by atoms with E-state index in [2.05, 4.69) is 10.6 Å². The molecule has 3 amide bonds. The highest BCUT2D eigenvalue weighted by Crippen LogP contribution is 2.11. The van der Waals surface area contributed by atoms with Crippen LogP contribution in [0.5, 0.6) is 0 Å². The van der Waals surface area contributed by atoms with Gasteiger partial charge in [0.15, 0.2) is 0 Å². The van der Waals surface area contributed by atoms with Crippen LogP contribution in [0.1, 0.15) is 45.6 Å². The monoisotopic (exact) mass is 481 g/mol. The Morgan fingerprint density at radius 1 is 0.941 bits per heavy atom. The molecule has 1 unspecified atom stereocenters. The molecule has 4 N–H and O–H groups in total. The number of carbonyl (C=O) groups excluding carboxylic acids is 2. The van der Waals surface area contributed by atoms with E-state index in [1.54, 1.807) is 45.0 Å². The highest BCUT2D eigenvalue weighted by Gasteiger charge is 2.27. The number of hydrogen-bond acceptors (Lipinski definition) is 6. The van der Waals surface area contributed by atoms with Gasteiger partial charge in [0, 0.05) is 26.2 Å². The smallest absolute Gasteiger partial charge is 0.410 e. The van der Waals surface area contributed by atoms with Gasteiger partial charge in [0.05, 0.1) is 6.61 Å². The van der Waals surface area contributed by atoms with Crippen molar-refractivity contribution < 1.29 is 38.9 Å². The molecule has 0 aliphatic rings. The molecule has 0 aromatic heterocycles. The molecular weight excluding hydrogens is 446 g/mol. The van der Waals surface area contributed by atoms with Gasteiger partial charge in [0.1, 0.15) is 5.60 Å². The number of aliphatic carboxylic acids is 1. The number of nitrogens with one attached hydrogen (secondary N) is 2. The van der Waals surface area contributed by atoms with E-state index in [1.807, 2.05) is 6.07 Å². The minimum atomic E-state index is -1.62. The van der Waals surface area contributed by atoms with Gasteiger partial charge in [-0.15, -0.1) is 0 Å². The Bertz CT molecular complexity index is 795. The average Bonchev–Trinajstić information content (AvgIpc) is 2.74. The summed E-state index contributed by atoms with van der Waals surface area (Å²) in [6.45, 7) is 6.30. The summed E-state index contributed by atoms with van der Waals surface area (Å²) in [6.07, 6.45) is -1.83. The van der Waals surface area contributed by atoms with Crippen LogP contribution in [0.15, 0.2) is 30.3 Å². The standard InChI is InChI=1S/C23H35N3O8/c1-23(2,3)34-22(32)26(15-9-13-25-21(30)31)14-8-7-12-24-19(27)18(20(28)29)33-16-17-10-5-4-6-11-17/h4-6,10-11,18,25H,7-9,12-16H2,1-3H3,(H,24,27)(H,28,29)(H,30,31). The maximum Gasteiger partial charge on any atom is 0.410 e. The summed E-state index contributed by atoms with van der Waals surface area (Å²) >= 11 is 0. The fourth-order valence-electron chi connectivity index (χ4n) is 2.83. The van der Waals surface area contributed by atoms with E-state index in [0.717, 1.165) is 5.56 Å². The number of benzene rings is 1. The number of carboxylic acid groups (broad SMARTS) is 2. The third-order valence-electron chi connectivity index (χ3n) is 4.41. The second kappa shape index (κ2) is 14.7. The summed E-state index contributed by atoms with van der Waals surface area (Å²) in [5.74, 6) is -2.12. The molecule has 1 aromatic rings. The number of nitrogens with zero attached hydrogens (tertiary/aromatic N) is 1. The summed E-state index contributed by atoms with van der Waals surface area (Å²) < 4.78 is 10.7. The van der Waals surface area contributed by atoms with Crippen LogP contribution in [0.3, 0.4) is 0 Å². The van der Waals surface area contributed by atoms with Crippen molar-refractivity contribution in [3.8, 4) is 0 Å². The van der Waals surface area contributed by atoms with Gasteiger partial charge in [-0.2, -0.15) is 0 Å². The number of unbranched alkanes of at least 4 members (excludes halogenated alkanes) is 1. The number of carboxylic acids is 1. The highest BCUT2D eigenvalue weighted by molar-refractivity contribution is 5.99. The molecule has 0 aliphatic heterocycles. The molecule has 0 aliphatic carbocycles. The first-order valence-electron chi connectivity index (χ1n) is 11.1. The Hall–Kier alpha value is -3.34. The maximum atomic E-state index is 12.4. The van der Waals surface area contributed by atoms with Crippen molar-refractivity contribution in [2.75, 3.05) is 26.2 Å². The van der Waals surface area contributed by atoms with Gasteiger partial charge in [-0.05, 0) is 45.6 Å². The molecule has 0 spiro atoms. The molecule has 190 valence electrons. The molecule has 0 heterocycles. The van der Waals surface area contributed by atoms with Gasteiger partial charge >= 0.3 is 18.2 Å². The Balaban J connectivity index is 2.46. The molecule has 1 aromatic carbocycles. The molecule has 1 atom stereocenters. The van der Waals surface area contributed by atoms with Gasteiger partial charge in [-0.3, -0.25) is 4.79 Å². The molecule has 1 rings (SSSR count). The van der Waals surface area contributed by atoms with Crippen LogP contribution < -0.4 is 10.6 Å². The number of hydrogen-bond donors (Lipinski definition) is 4. The van der Waals surface area contributed by atoms with Crippen LogP contribution in [0.2, 0.25) is 0 Å². The predicted molar refractivity (Wildman–Crippen MR) is 123 cm³/mol. The zero-order valence-electron chi connectivity index (χ0n) is 19.9. The zero-order valence-corrected chi connectivity index (χ0v) is 19.9. The Kier molecular flexibility index (Phi) is 12.4. The van der Waals surface area contributed by atoms with Crippen LogP contribution in [-0.4, -0.2) is 77.1 Å². The summed E-state index contributed by atoms with van der Waals surface area (Å²) in [5, 5.41) is 22.8. The van der Waals surface area contributed by atoms with Gasteiger partial charge < -0.3 is 35.2 Å². The fraction of sp³-hybridized carbons (Fsp3) is 0.565. The molecule has 0 fully saturated rings. The minimum Gasteiger partial charge on any atom is -0.479 e. The van der Waals surface area contributed by atoms with Gasteiger partial charge in [0.25, 0.3) is 5.91 Å². The molecule has 11 nitrogen and oxygen atoms in total. The van der Waals surface area contributed by atoms with Gasteiger partial charge in [-0.1, -0.05) is 30.3 Å². The lowest BCUT2D eigenvalue weighted by atomic mass is 10.2. The molecule has 0 bridgehead atoms. The lowest BCUT2D eigenvalue weighted by Crippen LogP contribution is -2.42. The van der Waals surface area contributed by atoms with Crippen molar-refractivity contribution in [3.05, 3.63) is 35.9 Å². The fourth-order valence-corrected chi connectivity index (χ4v) is 2.83. The topological polar surface area (TPSA) is 154 Å². The number of amides is 3. The van der Waals surface area contributed by atoms with E-state index in [9.17, 15) is 24.3 Å². The number of carbonyl (C=O) groups is 4. The summed E-state index contributed by atoms with van der Waals surface area (Å²) in [4.78, 5) is 48.1. The highest BCUT2D eigenvalue weighted by atomic mass is 16.6. The molecule has 0 saturated carbocycles. The maximum absolute atomic E-state index is 12.4. The van der Waals surface area contributed by atoms with E-state index in [4.69, 9.17) is 14.6 Å². The third kappa shape index (κ3) is 12.6. The largest absolute Gasteiger partial charge is 0.479 e. The van der Waals surface area contributed by atoms with E-state index in [1.165, 1.54) is 4.90 Å². The average molecular weight is 482 g/mol. The van der Waals surface area contributed by atoms with Crippen molar-refractivity contribution in [1.82, 2.24) is 15.5 Å². The molecule has 11 heteroatoms. The SMILES string of the molecule is CC(C)(C)OC(=O)N(CCCCNC(=O)C(OCc1ccccc1)C(=O)O)CCCNC(=O)O. The molecule has 34 heavy (non-hydrogen) atoms. The van der Waals surface area contributed by atoms with Crippen molar-refractivity contribution in [2.24, 2.45) is 0 Å². The van der Waals surface area contributed by atoms with Crippen LogP contribution >= 0.6 is 0 Å². The van der Waals surface area contributed by atoms with Crippen molar-refractivity contribution in [3.63, 3.8) is 0 Å². The Labute approximate surface area is 199 Å². The number of rotatable bonds is 14. The van der Waals surface area contributed by atoms with Crippen molar-refractivity contribution in [1.29, 1.82) is 0 Å². The Morgan fingerprint density at radius 3 is 2.15 bits per heavy atom. The first-order valence-corrected chi connectivity index (χ1v) is 11.1. The second-order valence-corrected chi connectivity index (χ2v) is 8.57. The zero-order chi connectivity index (χ0) is 25.6. The first-order chi connectivity index (χ1) is 16.0. The summed E-state index contributed by atoms with van der Waals surface area (Å²) in [5.41, 5.74) is 0.0798. The van der Waals surface area contributed by atoms with Crippen molar-refractivity contribution in [2.45, 2.75) is 58.3 Å². The molecule has 0 saturated heterocycles. The van der Waals surface area contributed by atoms with E-state index < -0.39 is 35.8 Å². The first kappa shape index (κ1) is 28.7. The van der Waals surface area contributed by atoms with E-state index in [0.29, 0.717) is 32.4 Å². The lowest BCUT2D eigenvalue weighted by Gasteiger charge is -2.27. The third-order valence-corrected chi connectivity index (χ3v) is 4.41. The Morgan fingerprint density at radius 2 is 1.56 bits per heavy atom. The predicted octanol–water partition coefficient (Wildman–Crippen LogP) is 2.45. The van der Waals surface area contributed by atoms with Crippen LogP contribution in [0, 0.1) is 0 Å². The van der Waals surface area contributed by atoms with Gasteiger partial charge in [-0.25, -0.2) is 14.4 Å².